The number of carbonyl (C=O) groups is 1. The molecule has 0 saturated carbocycles. The van der Waals surface area contributed by atoms with Gasteiger partial charge in [0.1, 0.15) is 5.75 Å². The van der Waals surface area contributed by atoms with Gasteiger partial charge in [-0.1, -0.05) is 6.07 Å². The number of carbonyl (C=O) groups excluding carboxylic acids is 1. The van der Waals surface area contributed by atoms with Crippen molar-refractivity contribution in [3.05, 3.63) is 40.5 Å². The number of nitrogens with one attached hydrogen (secondary N) is 1. The van der Waals surface area contributed by atoms with E-state index in [1.807, 2.05) is 30.3 Å². The van der Waals surface area contributed by atoms with Crippen LogP contribution < -0.4 is 4.74 Å². The predicted octanol–water partition coefficient (Wildman–Crippen LogP) is 3.94. The maximum atomic E-state index is 13.2. The molecule has 2 aliphatic heterocycles. The summed E-state index contributed by atoms with van der Waals surface area (Å²) in [5, 5.41) is 7.45. The number of fused-ring (bicyclic) bond motifs is 3. The van der Waals surface area contributed by atoms with Crippen molar-refractivity contribution in [3.63, 3.8) is 0 Å². The molecule has 4 heterocycles. The number of amides is 1. The van der Waals surface area contributed by atoms with Crippen LogP contribution in [0.4, 0.5) is 0 Å². The molecule has 32 heavy (non-hydrogen) atoms. The van der Waals surface area contributed by atoms with Gasteiger partial charge in [-0.25, -0.2) is 4.98 Å². The molecule has 1 fully saturated rings. The highest BCUT2D eigenvalue weighted by molar-refractivity contribution is 7.14. The Kier molecular flexibility index (Phi) is 5.73. The standard InChI is InChI=1S/C24H29N5O2S/c1-15(2)29-8-6-16(14-29)13-28(3)24(30)23-27-22-19-5-4-17(18-11-25-26-12-18)10-20(19)31-9-7-21(22)32-23/h4-5,10-12,15-16H,6-9,13-14H2,1-3H3,(H,25,26). The molecule has 2 aromatic heterocycles. The summed E-state index contributed by atoms with van der Waals surface area (Å²) in [5.41, 5.74) is 3.88. The molecule has 2 aliphatic rings. The fourth-order valence-electron chi connectivity index (χ4n) is 4.62. The maximum absolute atomic E-state index is 13.2. The van der Waals surface area contributed by atoms with Crippen LogP contribution in [0.25, 0.3) is 22.4 Å². The fraction of sp³-hybridized carbons (Fsp3) is 0.458. The Hall–Kier alpha value is -2.71. The topological polar surface area (TPSA) is 74.3 Å². The Labute approximate surface area is 192 Å². The molecule has 1 atom stereocenters. The van der Waals surface area contributed by atoms with Crippen LogP contribution in [0.5, 0.6) is 5.75 Å². The molecule has 0 spiro atoms. The summed E-state index contributed by atoms with van der Waals surface area (Å²) in [6, 6.07) is 6.68. The van der Waals surface area contributed by atoms with Crippen LogP contribution in [0.2, 0.25) is 0 Å². The van der Waals surface area contributed by atoms with Gasteiger partial charge < -0.3 is 14.5 Å². The second kappa shape index (κ2) is 8.67. The average molecular weight is 452 g/mol. The van der Waals surface area contributed by atoms with Gasteiger partial charge in [0.2, 0.25) is 0 Å². The average Bonchev–Trinajstić information content (AvgIpc) is 3.53. The zero-order valence-electron chi connectivity index (χ0n) is 18.8. The summed E-state index contributed by atoms with van der Waals surface area (Å²) < 4.78 is 6.03. The van der Waals surface area contributed by atoms with E-state index in [-0.39, 0.29) is 5.91 Å². The highest BCUT2D eigenvalue weighted by Gasteiger charge is 2.29. The van der Waals surface area contributed by atoms with E-state index in [0.717, 1.165) is 65.5 Å². The van der Waals surface area contributed by atoms with Crippen LogP contribution in [0, 0.1) is 5.92 Å². The minimum atomic E-state index is 0.0172. The van der Waals surface area contributed by atoms with Gasteiger partial charge in [0.15, 0.2) is 5.01 Å². The van der Waals surface area contributed by atoms with E-state index in [1.165, 1.54) is 11.3 Å². The van der Waals surface area contributed by atoms with Gasteiger partial charge >= 0.3 is 0 Å². The van der Waals surface area contributed by atoms with Crippen LogP contribution in [-0.4, -0.2) is 70.2 Å². The molecule has 1 amide bonds. The summed E-state index contributed by atoms with van der Waals surface area (Å²) >= 11 is 1.51. The molecule has 0 radical (unpaired) electrons. The first-order valence-electron chi connectivity index (χ1n) is 11.2. The Balaban J connectivity index is 1.35. The van der Waals surface area contributed by atoms with E-state index in [2.05, 4.69) is 35.0 Å². The van der Waals surface area contributed by atoms with Crippen molar-refractivity contribution in [2.45, 2.75) is 32.7 Å². The van der Waals surface area contributed by atoms with Crippen LogP contribution >= 0.6 is 11.3 Å². The number of thiazole rings is 1. The molecule has 0 aliphatic carbocycles. The van der Waals surface area contributed by atoms with Crippen LogP contribution in [0.15, 0.2) is 30.6 Å². The van der Waals surface area contributed by atoms with E-state index in [9.17, 15) is 4.79 Å². The lowest BCUT2D eigenvalue weighted by Gasteiger charge is -2.23. The quantitative estimate of drug-likeness (QED) is 0.636. The minimum absolute atomic E-state index is 0.0172. The number of ether oxygens (including phenoxy) is 1. The molecule has 1 saturated heterocycles. The third-order valence-electron chi connectivity index (χ3n) is 6.46. The normalized spacial score (nSPS) is 18.2. The first kappa shape index (κ1) is 21.2. The van der Waals surface area contributed by atoms with Crippen molar-refractivity contribution in [3.8, 4) is 28.1 Å². The lowest BCUT2D eigenvalue weighted by atomic mass is 10.0. The van der Waals surface area contributed by atoms with Gasteiger partial charge in [-0.15, -0.1) is 11.3 Å². The minimum Gasteiger partial charge on any atom is -0.492 e. The molecule has 1 unspecified atom stereocenters. The lowest BCUT2D eigenvalue weighted by molar-refractivity contribution is 0.0772. The molecule has 3 aromatic rings. The second-order valence-electron chi connectivity index (χ2n) is 9.02. The largest absolute Gasteiger partial charge is 0.492 e. The first-order valence-corrected chi connectivity index (χ1v) is 12.1. The van der Waals surface area contributed by atoms with E-state index < -0.39 is 0 Å². The van der Waals surface area contributed by atoms with Crippen LogP contribution in [-0.2, 0) is 6.42 Å². The zero-order chi connectivity index (χ0) is 22.2. The Morgan fingerprint density at radius 2 is 2.25 bits per heavy atom. The molecule has 1 aromatic carbocycles. The highest BCUT2D eigenvalue weighted by Crippen LogP contribution is 2.39. The monoisotopic (exact) mass is 451 g/mol. The summed E-state index contributed by atoms with van der Waals surface area (Å²) in [6.07, 6.45) is 5.56. The van der Waals surface area contributed by atoms with Gasteiger partial charge in [0, 0.05) is 54.8 Å². The molecule has 168 valence electrons. The van der Waals surface area contributed by atoms with Gasteiger partial charge in [0.25, 0.3) is 5.91 Å². The third kappa shape index (κ3) is 4.04. The highest BCUT2D eigenvalue weighted by atomic mass is 32.1. The summed E-state index contributed by atoms with van der Waals surface area (Å²) in [4.78, 5) is 23.5. The number of H-pyrrole nitrogens is 1. The van der Waals surface area contributed by atoms with Crippen molar-refractivity contribution in [1.29, 1.82) is 0 Å². The van der Waals surface area contributed by atoms with Crippen molar-refractivity contribution >= 4 is 17.2 Å². The van der Waals surface area contributed by atoms with Gasteiger partial charge in [0.05, 0.1) is 18.5 Å². The number of aromatic amines is 1. The van der Waals surface area contributed by atoms with Crippen molar-refractivity contribution in [2.75, 3.05) is 33.3 Å². The number of nitrogens with zero attached hydrogens (tertiary/aromatic N) is 4. The molecule has 1 N–H and O–H groups in total. The number of hydrogen-bond donors (Lipinski definition) is 1. The van der Waals surface area contributed by atoms with Crippen LogP contribution in [0.3, 0.4) is 0 Å². The molecule has 5 rings (SSSR count). The third-order valence-corrected chi connectivity index (χ3v) is 7.56. The first-order chi connectivity index (χ1) is 15.5. The number of aromatic nitrogens is 3. The van der Waals surface area contributed by atoms with E-state index in [4.69, 9.17) is 9.72 Å². The van der Waals surface area contributed by atoms with Gasteiger partial charge in [-0.2, -0.15) is 5.10 Å². The van der Waals surface area contributed by atoms with Gasteiger partial charge in [-0.3, -0.25) is 9.89 Å². The number of likely N-dealkylation sites (tertiary alicyclic amines) is 1. The SMILES string of the molecule is CC(C)N1CCC(CN(C)C(=O)c2nc3c(s2)CCOc2cc(-c4cn[nH]c4)ccc2-3)C1. The zero-order valence-corrected chi connectivity index (χ0v) is 19.6. The number of hydrogen-bond acceptors (Lipinski definition) is 6. The summed E-state index contributed by atoms with van der Waals surface area (Å²) in [7, 11) is 1.90. The molecular formula is C24H29N5O2S. The number of rotatable bonds is 5. The second-order valence-corrected chi connectivity index (χ2v) is 10.1. The smallest absolute Gasteiger partial charge is 0.282 e. The Bertz CT molecular complexity index is 1110. The molecule has 8 heteroatoms. The van der Waals surface area contributed by atoms with E-state index >= 15 is 0 Å². The van der Waals surface area contributed by atoms with Crippen molar-refractivity contribution < 1.29 is 9.53 Å². The van der Waals surface area contributed by atoms with E-state index in [0.29, 0.717) is 23.6 Å². The molecular weight excluding hydrogens is 422 g/mol. The Morgan fingerprint density at radius 1 is 1.38 bits per heavy atom. The molecule has 0 bridgehead atoms. The fourth-order valence-corrected chi connectivity index (χ4v) is 5.67. The van der Waals surface area contributed by atoms with Gasteiger partial charge in [-0.05, 0) is 50.4 Å². The van der Waals surface area contributed by atoms with Crippen LogP contribution in [0.1, 0.15) is 34.9 Å². The predicted molar refractivity (Wildman–Crippen MR) is 126 cm³/mol. The maximum Gasteiger partial charge on any atom is 0.282 e. The molecule has 7 nitrogen and oxygen atoms in total. The van der Waals surface area contributed by atoms with Crippen molar-refractivity contribution in [2.24, 2.45) is 5.92 Å². The summed E-state index contributed by atoms with van der Waals surface area (Å²) in [5.74, 6) is 1.35. The lowest BCUT2D eigenvalue weighted by Crippen LogP contribution is -2.34. The Morgan fingerprint density at radius 3 is 3.00 bits per heavy atom. The number of benzene rings is 1. The van der Waals surface area contributed by atoms with Crippen molar-refractivity contribution in [1.82, 2.24) is 25.0 Å². The summed E-state index contributed by atoms with van der Waals surface area (Å²) in [6.45, 7) is 8.01. The van der Waals surface area contributed by atoms with E-state index in [1.54, 1.807) is 6.20 Å².